The minimum atomic E-state index is 0.662. The maximum absolute atomic E-state index is 8.85. The van der Waals surface area contributed by atoms with Gasteiger partial charge in [-0.15, -0.1) is 0 Å². The third-order valence-electron chi connectivity index (χ3n) is 3.68. The molecule has 2 aromatic carbocycles. The third kappa shape index (κ3) is 3.45. The van der Waals surface area contributed by atoms with Gasteiger partial charge in [0.25, 0.3) is 0 Å². The summed E-state index contributed by atoms with van der Waals surface area (Å²) in [5.74, 6) is 0.971. The lowest BCUT2D eigenvalue weighted by molar-refractivity contribution is 0.740. The molecule has 0 saturated carbocycles. The fourth-order valence-electron chi connectivity index (χ4n) is 2.41. The van der Waals surface area contributed by atoms with Gasteiger partial charge < -0.3 is 4.57 Å². The van der Waals surface area contributed by atoms with Gasteiger partial charge in [-0.2, -0.15) is 10.5 Å². The van der Waals surface area contributed by atoms with Crippen LogP contribution in [-0.4, -0.2) is 9.55 Å². The van der Waals surface area contributed by atoms with Crippen LogP contribution in [0, 0.1) is 22.7 Å². The summed E-state index contributed by atoms with van der Waals surface area (Å²) in [6, 6.07) is 19.4. The van der Waals surface area contributed by atoms with E-state index in [1.807, 2.05) is 54.7 Å². The molecule has 0 atom stereocenters. The molecule has 0 saturated heterocycles. The Hall–Kier alpha value is -3.37. The van der Waals surface area contributed by atoms with Crippen molar-refractivity contribution in [3.05, 3.63) is 89.0 Å². The molecule has 0 amide bonds. The van der Waals surface area contributed by atoms with Crippen molar-refractivity contribution >= 4 is 0 Å². The Balaban J connectivity index is 1.76. The fraction of sp³-hybridized carbons (Fsp3) is 0.105. The fourth-order valence-corrected chi connectivity index (χ4v) is 2.41. The summed E-state index contributed by atoms with van der Waals surface area (Å²) in [5.41, 5.74) is 3.58. The average Bonchev–Trinajstić information content (AvgIpc) is 3.03. The molecule has 0 bridgehead atoms. The zero-order chi connectivity index (χ0) is 16.1. The molecule has 0 aliphatic heterocycles. The molecule has 0 radical (unpaired) electrons. The summed E-state index contributed by atoms with van der Waals surface area (Å²) < 4.78 is 2.10. The number of rotatable bonds is 4. The molecule has 110 valence electrons. The highest BCUT2D eigenvalue weighted by Gasteiger charge is 2.05. The second kappa shape index (κ2) is 6.60. The second-order valence-corrected chi connectivity index (χ2v) is 5.27. The van der Waals surface area contributed by atoms with Crippen molar-refractivity contribution in [2.75, 3.05) is 0 Å². The Kier molecular flexibility index (Phi) is 4.18. The molecule has 1 heterocycles. The van der Waals surface area contributed by atoms with Crippen LogP contribution in [0.15, 0.2) is 60.9 Å². The van der Waals surface area contributed by atoms with Gasteiger partial charge in [0.2, 0.25) is 0 Å². The van der Waals surface area contributed by atoms with E-state index in [1.54, 1.807) is 6.20 Å². The first kappa shape index (κ1) is 14.6. The van der Waals surface area contributed by atoms with Crippen LogP contribution in [0.5, 0.6) is 0 Å². The maximum Gasteiger partial charge on any atom is 0.113 e. The normalized spacial score (nSPS) is 10.0. The third-order valence-corrected chi connectivity index (χ3v) is 3.68. The molecule has 0 aliphatic rings. The Bertz CT molecular complexity index is 801. The first-order valence-electron chi connectivity index (χ1n) is 7.26. The Morgan fingerprint density at radius 1 is 0.826 bits per heavy atom. The Morgan fingerprint density at radius 2 is 1.39 bits per heavy atom. The van der Waals surface area contributed by atoms with Crippen LogP contribution >= 0.6 is 0 Å². The van der Waals surface area contributed by atoms with Gasteiger partial charge in [0.1, 0.15) is 5.82 Å². The molecular weight excluding hydrogens is 284 g/mol. The summed E-state index contributed by atoms with van der Waals surface area (Å²) in [5, 5.41) is 17.7. The SMILES string of the molecule is N#Cc1ccc(Cc2nccn2Cc2ccc(C#N)cc2)cc1. The lowest BCUT2D eigenvalue weighted by Gasteiger charge is -2.08. The number of imidazole rings is 1. The molecule has 1 aromatic heterocycles. The topological polar surface area (TPSA) is 65.4 Å². The minimum Gasteiger partial charge on any atom is -0.330 e. The standard InChI is InChI=1S/C19H14N4/c20-12-16-3-1-15(2-4-16)11-19-22-9-10-23(19)14-18-7-5-17(13-21)6-8-18/h1-10H,11,14H2. The first-order chi connectivity index (χ1) is 11.3. The van der Waals surface area contributed by atoms with Crippen molar-refractivity contribution in [2.24, 2.45) is 0 Å². The predicted molar refractivity (Wildman–Crippen MR) is 86.4 cm³/mol. The van der Waals surface area contributed by atoms with Crippen LogP contribution in [0.2, 0.25) is 0 Å². The predicted octanol–water partition coefficient (Wildman–Crippen LogP) is 3.27. The summed E-state index contributed by atoms with van der Waals surface area (Å²) in [6.45, 7) is 0.720. The highest BCUT2D eigenvalue weighted by atomic mass is 15.1. The molecule has 4 nitrogen and oxygen atoms in total. The first-order valence-corrected chi connectivity index (χ1v) is 7.26. The van der Waals surface area contributed by atoms with Crippen molar-refractivity contribution in [2.45, 2.75) is 13.0 Å². The van der Waals surface area contributed by atoms with E-state index in [2.05, 4.69) is 21.7 Å². The summed E-state index contributed by atoms with van der Waals surface area (Å²) in [7, 11) is 0. The zero-order valence-electron chi connectivity index (χ0n) is 12.5. The van der Waals surface area contributed by atoms with Gasteiger partial charge in [-0.3, -0.25) is 0 Å². The van der Waals surface area contributed by atoms with Crippen LogP contribution in [0.1, 0.15) is 28.1 Å². The average molecular weight is 298 g/mol. The van der Waals surface area contributed by atoms with E-state index in [4.69, 9.17) is 10.5 Å². The lowest BCUT2D eigenvalue weighted by Crippen LogP contribution is -2.05. The monoisotopic (exact) mass is 298 g/mol. The lowest BCUT2D eigenvalue weighted by atomic mass is 10.1. The van der Waals surface area contributed by atoms with Crippen molar-refractivity contribution in [3.63, 3.8) is 0 Å². The van der Waals surface area contributed by atoms with Crippen molar-refractivity contribution in [1.29, 1.82) is 10.5 Å². The molecule has 0 unspecified atom stereocenters. The van der Waals surface area contributed by atoms with E-state index in [-0.39, 0.29) is 0 Å². The molecule has 3 aromatic rings. The molecule has 0 spiro atoms. The molecule has 0 N–H and O–H groups in total. The van der Waals surface area contributed by atoms with Crippen molar-refractivity contribution < 1.29 is 0 Å². The minimum absolute atomic E-state index is 0.662. The van der Waals surface area contributed by atoms with E-state index in [9.17, 15) is 0 Å². The van der Waals surface area contributed by atoms with E-state index in [0.717, 1.165) is 29.9 Å². The number of nitrogens with zero attached hydrogens (tertiary/aromatic N) is 4. The van der Waals surface area contributed by atoms with Gasteiger partial charge in [0.05, 0.1) is 23.3 Å². The molecule has 0 fully saturated rings. The number of benzene rings is 2. The van der Waals surface area contributed by atoms with Crippen LogP contribution in [0.3, 0.4) is 0 Å². The van der Waals surface area contributed by atoms with Gasteiger partial charge in [-0.05, 0) is 35.4 Å². The summed E-state index contributed by atoms with van der Waals surface area (Å²) in [4.78, 5) is 4.43. The number of nitriles is 2. The highest BCUT2D eigenvalue weighted by Crippen LogP contribution is 2.12. The Labute approximate surface area is 134 Å². The number of hydrogen-bond acceptors (Lipinski definition) is 3. The van der Waals surface area contributed by atoms with Crippen LogP contribution in [0.25, 0.3) is 0 Å². The van der Waals surface area contributed by atoms with E-state index in [1.165, 1.54) is 0 Å². The summed E-state index contributed by atoms with van der Waals surface area (Å²) >= 11 is 0. The van der Waals surface area contributed by atoms with Crippen LogP contribution in [-0.2, 0) is 13.0 Å². The van der Waals surface area contributed by atoms with Crippen LogP contribution < -0.4 is 0 Å². The van der Waals surface area contributed by atoms with Gasteiger partial charge >= 0.3 is 0 Å². The maximum atomic E-state index is 8.85. The van der Waals surface area contributed by atoms with Crippen molar-refractivity contribution in [1.82, 2.24) is 9.55 Å². The van der Waals surface area contributed by atoms with Crippen LogP contribution in [0.4, 0.5) is 0 Å². The van der Waals surface area contributed by atoms with E-state index in [0.29, 0.717) is 11.1 Å². The largest absolute Gasteiger partial charge is 0.330 e. The van der Waals surface area contributed by atoms with E-state index < -0.39 is 0 Å². The smallest absolute Gasteiger partial charge is 0.113 e. The summed E-state index contributed by atoms with van der Waals surface area (Å²) in [6.07, 6.45) is 4.47. The Morgan fingerprint density at radius 3 is 1.96 bits per heavy atom. The zero-order valence-corrected chi connectivity index (χ0v) is 12.5. The highest BCUT2D eigenvalue weighted by molar-refractivity contribution is 5.33. The molecular formula is C19H14N4. The quantitative estimate of drug-likeness (QED) is 0.742. The molecule has 23 heavy (non-hydrogen) atoms. The second-order valence-electron chi connectivity index (χ2n) is 5.27. The van der Waals surface area contributed by atoms with Gasteiger partial charge in [-0.25, -0.2) is 4.98 Å². The van der Waals surface area contributed by atoms with Gasteiger partial charge in [0.15, 0.2) is 0 Å². The molecule has 3 rings (SSSR count). The number of hydrogen-bond donors (Lipinski definition) is 0. The van der Waals surface area contributed by atoms with Gasteiger partial charge in [0, 0.05) is 25.4 Å². The molecule has 0 aliphatic carbocycles. The molecule has 4 heteroatoms. The van der Waals surface area contributed by atoms with E-state index >= 15 is 0 Å². The van der Waals surface area contributed by atoms with Gasteiger partial charge in [-0.1, -0.05) is 24.3 Å². The number of aromatic nitrogens is 2. The van der Waals surface area contributed by atoms with Crippen molar-refractivity contribution in [3.8, 4) is 12.1 Å².